The predicted molar refractivity (Wildman–Crippen MR) is 104 cm³/mol. The van der Waals surface area contributed by atoms with Crippen molar-refractivity contribution in [1.29, 1.82) is 0 Å². The average Bonchev–Trinajstić information content (AvgIpc) is 3.03. The topological polar surface area (TPSA) is 84.1 Å². The number of methoxy groups -OCH3 is 1. The van der Waals surface area contributed by atoms with Gasteiger partial charge in [-0.2, -0.15) is 0 Å². The van der Waals surface area contributed by atoms with Crippen LogP contribution in [0, 0.1) is 18.6 Å². The Morgan fingerprint density at radius 3 is 2.75 bits per heavy atom. The fraction of sp³-hybridized carbons (Fsp3) is 0.316. The third-order valence-corrected chi connectivity index (χ3v) is 5.82. The fourth-order valence-corrected chi connectivity index (χ4v) is 4.25. The normalized spacial score (nSPS) is 13.0. The molecule has 0 fully saturated rings. The molecule has 28 heavy (non-hydrogen) atoms. The molecule has 2 aromatic heterocycles. The molecule has 1 atom stereocenters. The van der Waals surface area contributed by atoms with Crippen LogP contribution in [-0.4, -0.2) is 31.2 Å². The van der Waals surface area contributed by atoms with Crippen LogP contribution in [0.2, 0.25) is 0 Å². The molecule has 3 aromatic rings. The second-order valence-electron chi connectivity index (χ2n) is 6.51. The summed E-state index contributed by atoms with van der Waals surface area (Å²) in [7, 11) is -2.40. The first-order valence-electron chi connectivity index (χ1n) is 8.72. The summed E-state index contributed by atoms with van der Waals surface area (Å²) in [4.78, 5) is 7.21. The lowest BCUT2D eigenvalue weighted by Gasteiger charge is -2.19. The molecule has 0 spiro atoms. The van der Waals surface area contributed by atoms with Crippen LogP contribution in [0.4, 0.5) is 14.5 Å². The number of anilines is 1. The zero-order chi connectivity index (χ0) is 20.5. The molecule has 1 unspecified atom stereocenters. The molecule has 0 aliphatic rings. The molecule has 1 aromatic carbocycles. The molecule has 3 rings (SSSR count). The predicted octanol–water partition coefficient (Wildman–Crippen LogP) is 4.04. The summed E-state index contributed by atoms with van der Waals surface area (Å²) in [5.41, 5.74) is 1.25. The van der Waals surface area contributed by atoms with E-state index in [0.29, 0.717) is 23.0 Å². The first kappa shape index (κ1) is 20.2. The number of aromatic amines is 1. The number of hydrogen-bond donors (Lipinski definition) is 2. The minimum absolute atomic E-state index is 0.166. The Morgan fingerprint density at radius 2 is 2.07 bits per heavy atom. The minimum Gasteiger partial charge on any atom is -0.372 e. The Bertz CT molecular complexity index is 1110. The summed E-state index contributed by atoms with van der Waals surface area (Å²) in [5.74, 6) is -2.01. The summed E-state index contributed by atoms with van der Waals surface area (Å²) in [6.45, 7) is 3.55. The van der Waals surface area contributed by atoms with Crippen molar-refractivity contribution in [3.63, 3.8) is 0 Å². The van der Waals surface area contributed by atoms with E-state index in [1.165, 1.54) is 7.11 Å². The standard InChI is InChI=1S/C19H21F2N3O3S/c1-4-7-28(25,26)24-15-6-5-14(20)16(17(15)21)18(27-3)13-10-23-19-12(13)8-11(2)9-22-19/h5-6,8-10,18,24H,4,7H2,1-3H3,(H,22,23). The zero-order valence-corrected chi connectivity index (χ0v) is 16.5. The van der Waals surface area contributed by atoms with Crippen molar-refractivity contribution in [2.75, 3.05) is 17.6 Å². The monoisotopic (exact) mass is 409 g/mol. The van der Waals surface area contributed by atoms with Gasteiger partial charge in [-0.25, -0.2) is 22.2 Å². The Balaban J connectivity index is 2.12. The van der Waals surface area contributed by atoms with Gasteiger partial charge >= 0.3 is 0 Å². The van der Waals surface area contributed by atoms with E-state index >= 15 is 4.39 Å². The maximum Gasteiger partial charge on any atom is 0.232 e. The van der Waals surface area contributed by atoms with Gasteiger partial charge in [0.15, 0.2) is 5.82 Å². The smallest absolute Gasteiger partial charge is 0.232 e. The highest BCUT2D eigenvalue weighted by Gasteiger charge is 2.27. The van der Waals surface area contributed by atoms with E-state index in [-0.39, 0.29) is 17.0 Å². The van der Waals surface area contributed by atoms with Crippen LogP contribution in [0.5, 0.6) is 0 Å². The van der Waals surface area contributed by atoms with Gasteiger partial charge in [-0.3, -0.25) is 4.72 Å². The molecular weight excluding hydrogens is 388 g/mol. The van der Waals surface area contributed by atoms with E-state index in [9.17, 15) is 12.8 Å². The largest absolute Gasteiger partial charge is 0.372 e. The molecule has 0 saturated carbocycles. The van der Waals surface area contributed by atoms with Crippen LogP contribution in [0.3, 0.4) is 0 Å². The van der Waals surface area contributed by atoms with E-state index < -0.39 is 27.8 Å². The molecule has 9 heteroatoms. The van der Waals surface area contributed by atoms with Gasteiger partial charge in [0.05, 0.1) is 17.0 Å². The summed E-state index contributed by atoms with van der Waals surface area (Å²) in [6, 6.07) is 3.92. The third-order valence-electron chi connectivity index (χ3n) is 4.35. The van der Waals surface area contributed by atoms with Crippen LogP contribution >= 0.6 is 0 Å². The van der Waals surface area contributed by atoms with Crippen molar-refractivity contribution in [3.05, 3.63) is 58.9 Å². The molecule has 0 aliphatic heterocycles. The van der Waals surface area contributed by atoms with Gasteiger partial charge < -0.3 is 9.72 Å². The highest BCUT2D eigenvalue weighted by Crippen LogP contribution is 2.36. The summed E-state index contributed by atoms with van der Waals surface area (Å²) in [5, 5.41) is 0.669. The highest BCUT2D eigenvalue weighted by molar-refractivity contribution is 7.92. The number of ether oxygens (including phenoxy) is 1. The van der Waals surface area contributed by atoms with Crippen LogP contribution < -0.4 is 4.72 Å². The number of hydrogen-bond acceptors (Lipinski definition) is 4. The number of nitrogens with one attached hydrogen (secondary N) is 2. The number of benzene rings is 1. The molecular formula is C19H21F2N3O3S. The molecule has 0 aliphatic carbocycles. The highest BCUT2D eigenvalue weighted by atomic mass is 32.2. The lowest BCUT2D eigenvalue weighted by Crippen LogP contribution is -2.18. The average molecular weight is 409 g/mol. The second kappa shape index (κ2) is 7.84. The summed E-state index contributed by atoms with van der Waals surface area (Å²) in [6.07, 6.45) is 2.54. The SMILES string of the molecule is CCCS(=O)(=O)Nc1ccc(F)c(C(OC)c2c[nH]c3ncc(C)cc23)c1F. The lowest BCUT2D eigenvalue weighted by atomic mass is 9.99. The van der Waals surface area contributed by atoms with E-state index in [0.717, 1.165) is 17.7 Å². The maximum absolute atomic E-state index is 15.1. The van der Waals surface area contributed by atoms with Crippen LogP contribution in [-0.2, 0) is 14.8 Å². The Morgan fingerprint density at radius 1 is 1.32 bits per heavy atom. The van der Waals surface area contributed by atoms with Crippen molar-refractivity contribution in [2.45, 2.75) is 26.4 Å². The molecule has 2 heterocycles. The summed E-state index contributed by atoms with van der Waals surface area (Å²) < 4.78 is 61.4. The first-order chi connectivity index (χ1) is 13.3. The second-order valence-corrected chi connectivity index (χ2v) is 8.35. The first-order valence-corrected chi connectivity index (χ1v) is 10.4. The van der Waals surface area contributed by atoms with E-state index in [1.54, 1.807) is 19.3 Å². The number of fused-ring (bicyclic) bond motifs is 1. The Hall–Kier alpha value is -2.52. The molecule has 0 radical (unpaired) electrons. The molecule has 0 amide bonds. The van der Waals surface area contributed by atoms with Crippen LogP contribution in [0.1, 0.15) is 36.1 Å². The van der Waals surface area contributed by atoms with Gasteiger partial charge in [0.1, 0.15) is 17.6 Å². The van der Waals surface area contributed by atoms with E-state index in [1.807, 2.05) is 13.0 Å². The Labute approximate surface area is 162 Å². The van der Waals surface area contributed by atoms with Gasteiger partial charge in [-0.05, 0) is 37.1 Å². The minimum atomic E-state index is -3.73. The van der Waals surface area contributed by atoms with Crippen molar-refractivity contribution >= 4 is 26.7 Å². The number of pyridine rings is 1. The van der Waals surface area contributed by atoms with Gasteiger partial charge in [0, 0.05) is 30.5 Å². The molecule has 6 nitrogen and oxygen atoms in total. The van der Waals surface area contributed by atoms with Gasteiger partial charge in [0.2, 0.25) is 10.0 Å². The Kier molecular flexibility index (Phi) is 5.66. The van der Waals surface area contributed by atoms with Gasteiger partial charge in [-0.15, -0.1) is 0 Å². The van der Waals surface area contributed by atoms with Gasteiger partial charge in [-0.1, -0.05) is 6.92 Å². The number of aromatic nitrogens is 2. The molecule has 150 valence electrons. The third kappa shape index (κ3) is 3.85. The van der Waals surface area contributed by atoms with Crippen LogP contribution in [0.25, 0.3) is 11.0 Å². The van der Waals surface area contributed by atoms with E-state index in [2.05, 4.69) is 14.7 Å². The van der Waals surface area contributed by atoms with Crippen molar-refractivity contribution in [1.82, 2.24) is 9.97 Å². The van der Waals surface area contributed by atoms with E-state index in [4.69, 9.17) is 4.74 Å². The molecule has 2 N–H and O–H groups in total. The number of H-pyrrole nitrogens is 1. The zero-order valence-electron chi connectivity index (χ0n) is 15.7. The van der Waals surface area contributed by atoms with Crippen molar-refractivity contribution < 1.29 is 21.9 Å². The molecule has 0 bridgehead atoms. The number of halogens is 2. The lowest BCUT2D eigenvalue weighted by molar-refractivity contribution is 0.130. The quantitative estimate of drug-likeness (QED) is 0.617. The number of rotatable bonds is 7. The maximum atomic E-state index is 15.1. The van der Waals surface area contributed by atoms with Gasteiger partial charge in [0.25, 0.3) is 0 Å². The van der Waals surface area contributed by atoms with Crippen LogP contribution in [0.15, 0.2) is 30.6 Å². The number of aryl methyl sites for hydroxylation is 1. The summed E-state index contributed by atoms with van der Waals surface area (Å²) >= 11 is 0. The fourth-order valence-electron chi connectivity index (χ4n) is 3.12. The number of nitrogens with zero attached hydrogens (tertiary/aromatic N) is 1. The molecule has 0 saturated heterocycles. The van der Waals surface area contributed by atoms with Crippen molar-refractivity contribution in [3.8, 4) is 0 Å². The number of sulfonamides is 1. The van der Waals surface area contributed by atoms with Crippen molar-refractivity contribution in [2.24, 2.45) is 0 Å².